The lowest BCUT2D eigenvalue weighted by molar-refractivity contribution is -0.129. The van der Waals surface area contributed by atoms with Crippen LogP contribution in [0.15, 0.2) is 60.7 Å². The van der Waals surface area contributed by atoms with Crippen molar-refractivity contribution < 1.29 is 27.5 Å². The van der Waals surface area contributed by atoms with Crippen molar-refractivity contribution in [2.75, 3.05) is 30.8 Å². The number of aryl methyl sites for hydroxylation is 1. The van der Waals surface area contributed by atoms with Gasteiger partial charge in [-0.1, -0.05) is 30.3 Å². The van der Waals surface area contributed by atoms with E-state index in [9.17, 15) is 22.8 Å². The van der Waals surface area contributed by atoms with Crippen LogP contribution in [0.3, 0.4) is 0 Å². The average molecular weight is 662 g/mol. The molecule has 46 heavy (non-hydrogen) atoms. The number of hydrogen-bond donors (Lipinski definition) is 4. The zero-order valence-electron chi connectivity index (χ0n) is 25.4. The van der Waals surface area contributed by atoms with Crippen molar-refractivity contribution in [3.63, 3.8) is 0 Å². The van der Waals surface area contributed by atoms with Crippen LogP contribution in [-0.2, 0) is 25.0 Å². The molecule has 2 heterocycles. The molecule has 13 heteroatoms. The van der Waals surface area contributed by atoms with Crippen molar-refractivity contribution in [2.24, 2.45) is 11.5 Å². The van der Waals surface area contributed by atoms with E-state index in [1.165, 1.54) is 0 Å². The summed E-state index contributed by atoms with van der Waals surface area (Å²) in [5.41, 5.74) is 21.1. The third-order valence-electron chi connectivity index (χ3n) is 8.68. The van der Waals surface area contributed by atoms with E-state index in [1.807, 2.05) is 43.3 Å². The third kappa shape index (κ3) is 5.64. The molecule has 0 spiro atoms. The highest BCUT2D eigenvalue weighted by atomic mass is 32.2. The Kier molecular flexibility index (Phi) is 8.13. The minimum atomic E-state index is -3.27. The number of nitrogens with two attached hydrogens (primary N) is 3. The molecule has 0 saturated carbocycles. The molecule has 6 rings (SSSR count). The fourth-order valence-corrected chi connectivity index (χ4v) is 8.13. The summed E-state index contributed by atoms with van der Waals surface area (Å²) in [7, 11) is -3.27. The number of para-hydroxylation sites is 1. The maximum absolute atomic E-state index is 14.2. The minimum absolute atomic E-state index is 0.109. The molecule has 3 aromatic carbocycles. The van der Waals surface area contributed by atoms with Crippen LogP contribution < -0.4 is 27.3 Å². The largest absolute Gasteiger partial charge is 0.457 e. The normalized spacial score (nSPS) is 21.0. The molecule has 4 aromatic rings. The fourth-order valence-electron chi connectivity index (χ4n) is 6.38. The molecule has 240 valence electrons. The molecule has 11 nitrogen and oxygen atoms in total. The van der Waals surface area contributed by atoms with Crippen LogP contribution in [0.2, 0.25) is 0 Å². The predicted molar refractivity (Wildman–Crippen MR) is 178 cm³/mol. The van der Waals surface area contributed by atoms with Gasteiger partial charge in [-0.05, 0) is 60.4 Å². The van der Waals surface area contributed by atoms with Crippen LogP contribution in [-0.4, -0.2) is 62.1 Å². The Morgan fingerprint density at radius 3 is 2.50 bits per heavy atom. The summed E-state index contributed by atoms with van der Waals surface area (Å²) in [6.45, 7) is 2.50. The number of benzene rings is 3. The van der Waals surface area contributed by atoms with Crippen LogP contribution in [0.25, 0.3) is 10.1 Å². The highest BCUT2D eigenvalue weighted by Crippen LogP contribution is 2.50. The van der Waals surface area contributed by atoms with Crippen LogP contribution >= 0.6 is 11.3 Å². The third-order valence-corrected chi connectivity index (χ3v) is 10.9. The Morgan fingerprint density at radius 1 is 1.09 bits per heavy atom. The number of ketones is 1. The molecule has 1 aromatic heterocycles. The summed E-state index contributed by atoms with van der Waals surface area (Å²) >= 11 is 1.16. The number of rotatable bonds is 8. The number of Topliss-reactive ketones (excluding diaryl/α,β-unsaturated/α-hetero) is 1. The molecule has 1 fully saturated rings. The Balaban J connectivity index is 1.31. The van der Waals surface area contributed by atoms with Gasteiger partial charge in [0, 0.05) is 48.4 Å². The van der Waals surface area contributed by atoms with E-state index < -0.39 is 33.1 Å². The Morgan fingerprint density at radius 2 is 1.80 bits per heavy atom. The van der Waals surface area contributed by atoms with Crippen LogP contribution in [0, 0.1) is 6.92 Å². The summed E-state index contributed by atoms with van der Waals surface area (Å²) in [6.07, 6.45) is 1.48. The first-order valence-electron chi connectivity index (χ1n) is 14.8. The highest BCUT2D eigenvalue weighted by Gasteiger charge is 2.49. The molecule has 1 aliphatic carbocycles. The molecule has 2 aliphatic rings. The maximum Gasteiger partial charge on any atom is 0.262 e. The average Bonchev–Trinajstić information content (AvgIpc) is 3.65. The van der Waals surface area contributed by atoms with Crippen LogP contribution in [0.5, 0.6) is 11.5 Å². The second kappa shape index (κ2) is 11.8. The molecular formula is C33H35N5O6S2. The molecule has 1 aliphatic heterocycles. The van der Waals surface area contributed by atoms with Gasteiger partial charge < -0.3 is 32.2 Å². The number of nitrogen functional groups attached to an aromatic ring is 1. The molecule has 0 radical (unpaired) electrons. The lowest BCUT2D eigenvalue weighted by Crippen LogP contribution is -2.53. The number of thiophene rings is 1. The number of nitrogens with one attached hydrogen (secondary N) is 1. The monoisotopic (exact) mass is 661 g/mol. The van der Waals surface area contributed by atoms with Crippen molar-refractivity contribution in [3.8, 4) is 11.5 Å². The topological polar surface area (TPSA) is 188 Å². The lowest BCUT2D eigenvalue weighted by Gasteiger charge is -2.37. The van der Waals surface area contributed by atoms with Gasteiger partial charge in [-0.3, -0.25) is 14.4 Å². The summed E-state index contributed by atoms with van der Waals surface area (Å²) in [5.74, 6) is -0.133. The Hall–Kier alpha value is -4.30. The van der Waals surface area contributed by atoms with Gasteiger partial charge in [0.2, 0.25) is 5.91 Å². The lowest BCUT2D eigenvalue weighted by atomic mass is 9.69. The summed E-state index contributed by atoms with van der Waals surface area (Å²) in [4.78, 5) is 42.3. The van der Waals surface area contributed by atoms with Crippen molar-refractivity contribution in [3.05, 3.63) is 87.8 Å². The number of nitrogens with zero attached hydrogens (tertiary/aromatic N) is 1. The number of sulfone groups is 1. The maximum atomic E-state index is 14.2. The van der Waals surface area contributed by atoms with Gasteiger partial charge in [-0.15, -0.1) is 11.3 Å². The van der Waals surface area contributed by atoms with Crippen molar-refractivity contribution >= 4 is 54.5 Å². The van der Waals surface area contributed by atoms with E-state index >= 15 is 0 Å². The van der Waals surface area contributed by atoms with E-state index in [1.54, 1.807) is 29.2 Å². The van der Waals surface area contributed by atoms with Crippen LogP contribution in [0.4, 0.5) is 5.69 Å². The Bertz CT molecular complexity index is 1990. The SMILES string of the molecule is Cc1cc(Oc2ccccc2)ccc1C1(N)C(=O)C(N)c2c(C(=O)NC3CCN(C(=O)CCS(C)(=O)=O)C3)sc3c(N)ccc1c23. The van der Waals surface area contributed by atoms with Gasteiger partial charge in [0.25, 0.3) is 5.91 Å². The van der Waals surface area contributed by atoms with Crippen molar-refractivity contribution in [1.82, 2.24) is 10.2 Å². The fraction of sp³-hybridized carbons (Fsp3) is 0.303. The first kappa shape index (κ1) is 31.7. The number of hydrogen-bond acceptors (Lipinski definition) is 10. The molecule has 3 atom stereocenters. The smallest absolute Gasteiger partial charge is 0.262 e. The summed E-state index contributed by atoms with van der Waals surface area (Å²) in [5, 5.41) is 3.58. The zero-order chi connectivity index (χ0) is 33.0. The zero-order valence-corrected chi connectivity index (χ0v) is 27.0. The number of ether oxygens (including phenoxy) is 1. The second-order valence-corrected chi connectivity index (χ2v) is 15.3. The van der Waals surface area contributed by atoms with E-state index in [2.05, 4.69) is 5.32 Å². The van der Waals surface area contributed by atoms with E-state index in [0.29, 0.717) is 56.9 Å². The highest BCUT2D eigenvalue weighted by molar-refractivity contribution is 7.90. The minimum Gasteiger partial charge on any atom is -0.457 e. The summed E-state index contributed by atoms with van der Waals surface area (Å²) < 4.78 is 29.6. The second-order valence-electron chi connectivity index (χ2n) is 12.0. The molecular weight excluding hydrogens is 627 g/mol. The molecule has 1 saturated heterocycles. The quantitative estimate of drug-likeness (QED) is 0.206. The predicted octanol–water partition coefficient (Wildman–Crippen LogP) is 3.13. The van der Waals surface area contributed by atoms with Gasteiger partial charge in [0.15, 0.2) is 5.78 Å². The number of carbonyl (C=O) groups is 3. The van der Waals surface area contributed by atoms with Gasteiger partial charge in [0.05, 0.1) is 21.4 Å². The number of likely N-dealkylation sites (tertiary alicyclic amines) is 1. The van der Waals surface area contributed by atoms with E-state index in [0.717, 1.165) is 23.2 Å². The standard InChI is InChI=1S/C33H35N5O6S2/c1-18-16-21(44-20-6-4-3-5-7-20)8-9-22(18)33(36)23-10-11-24(34)29-26(23)27(28(35)31(33)40)30(45-29)32(41)37-19-12-14-38(17-19)25(39)13-15-46(2,42)43/h3-11,16,19,28H,12-15,17,34-36H2,1-2H3,(H,37,41). The molecule has 3 unspecified atom stereocenters. The number of carbonyl (C=O) groups excluding carboxylic acids is 3. The molecule has 7 N–H and O–H groups in total. The first-order chi connectivity index (χ1) is 21.8. The van der Waals surface area contributed by atoms with Gasteiger partial charge in [-0.2, -0.15) is 0 Å². The molecule has 2 amide bonds. The van der Waals surface area contributed by atoms with Crippen molar-refractivity contribution in [1.29, 1.82) is 0 Å². The molecule has 0 bridgehead atoms. The van der Waals surface area contributed by atoms with E-state index in [-0.39, 0.29) is 35.5 Å². The van der Waals surface area contributed by atoms with Crippen LogP contribution in [0.1, 0.15) is 50.8 Å². The number of anilines is 1. The van der Waals surface area contributed by atoms with Gasteiger partial charge >= 0.3 is 0 Å². The van der Waals surface area contributed by atoms with Gasteiger partial charge in [0.1, 0.15) is 26.9 Å². The van der Waals surface area contributed by atoms with Gasteiger partial charge in [-0.25, -0.2) is 8.42 Å². The van der Waals surface area contributed by atoms with Crippen molar-refractivity contribution in [2.45, 2.75) is 37.4 Å². The van der Waals surface area contributed by atoms with E-state index in [4.69, 9.17) is 21.9 Å². The first-order valence-corrected chi connectivity index (χ1v) is 17.7. The number of amides is 2. The summed E-state index contributed by atoms with van der Waals surface area (Å²) in [6, 6.07) is 16.6. The Labute approximate surface area is 270 Å².